The van der Waals surface area contributed by atoms with E-state index in [4.69, 9.17) is 5.73 Å². The minimum Gasteiger partial charge on any atom is -0.330 e. The number of benzene rings is 1. The van der Waals surface area contributed by atoms with Gasteiger partial charge >= 0.3 is 0 Å². The van der Waals surface area contributed by atoms with E-state index in [1.165, 1.54) is 0 Å². The molecule has 1 unspecified atom stereocenters. The molecule has 0 aliphatic rings. The van der Waals surface area contributed by atoms with E-state index in [0.717, 1.165) is 5.56 Å². The van der Waals surface area contributed by atoms with Crippen molar-refractivity contribution in [1.82, 2.24) is 0 Å². The normalized spacial score (nSPS) is 11.5. The highest BCUT2D eigenvalue weighted by Crippen LogP contribution is 1.94. The third-order valence-electron chi connectivity index (χ3n) is 1.59. The summed E-state index contributed by atoms with van der Waals surface area (Å²) in [5.74, 6) is 6.77. The van der Waals surface area contributed by atoms with Crippen molar-refractivity contribution in [3.8, 4) is 11.8 Å². The van der Waals surface area contributed by atoms with Crippen LogP contribution in [0.3, 0.4) is 0 Å². The maximum absolute atomic E-state index is 11.2. The Balaban J connectivity index is 2.45. The molecule has 0 bridgehead atoms. The van der Waals surface area contributed by atoms with Crippen LogP contribution in [0, 0.1) is 11.8 Å². The predicted molar refractivity (Wildman–Crippen MR) is 60.3 cm³/mol. The van der Waals surface area contributed by atoms with Gasteiger partial charge in [0.1, 0.15) is 0 Å². The summed E-state index contributed by atoms with van der Waals surface area (Å²) in [5.41, 5.74) is 6.23. The lowest BCUT2D eigenvalue weighted by molar-refractivity contribution is 0.685. The lowest BCUT2D eigenvalue weighted by Crippen LogP contribution is -2.11. The molecule has 1 atom stereocenters. The standard InChI is InChI=1S/C11H13NOS/c12-8-10-14(13)9-4-7-11-5-2-1-3-6-11/h1-3,5-6H,8-10,12H2. The van der Waals surface area contributed by atoms with Crippen molar-refractivity contribution in [3.63, 3.8) is 0 Å². The summed E-state index contributed by atoms with van der Waals surface area (Å²) in [4.78, 5) is 0. The molecule has 0 saturated carbocycles. The summed E-state index contributed by atoms with van der Waals surface area (Å²) < 4.78 is 11.2. The van der Waals surface area contributed by atoms with Crippen LogP contribution in [0.25, 0.3) is 0 Å². The van der Waals surface area contributed by atoms with Crippen LogP contribution in [0.2, 0.25) is 0 Å². The summed E-state index contributed by atoms with van der Waals surface area (Å²) in [6.07, 6.45) is 0. The molecule has 0 fully saturated rings. The third-order valence-corrected chi connectivity index (χ3v) is 2.74. The minimum atomic E-state index is -0.892. The first-order chi connectivity index (χ1) is 6.83. The Hall–Kier alpha value is -1.11. The van der Waals surface area contributed by atoms with Gasteiger partial charge in [-0.3, -0.25) is 4.21 Å². The van der Waals surface area contributed by atoms with Gasteiger partial charge in [-0.25, -0.2) is 0 Å². The summed E-state index contributed by atoms with van der Waals surface area (Å²) in [5, 5.41) is 0. The van der Waals surface area contributed by atoms with Crippen molar-refractivity contribution in [2.75, 3.05) is 18.1 Å². The Kier molecular flexibility index (Phi) is 4.98. The van der Waals surface area contributed by atoms with E-state index < -0.39 is 10.8 Å². The highest BCUT2D eigenvalue weighted by atomic mass is 32.2. The molecule has 0 aromatic heterocycles. The Bertz CT molecular complexity index is 351. The maximum atomic E-state index is 11.2. The van der Waals surface area contributed by atoms with Crippen LogP contribution in [0.15, 0.2) is 30.3 Å². The largest absolute Gasteiger partial charge is 0.330 e. The van der Waals surface area contributed by atoms with Gasteiger partial charge in [0, 0.05) is 28.7 Å². The van der Waals surface area contributed by atoms with E-state index in [0.29, 0.717) is 18.1 Å². The lowest BCUT2D eigenvalue weighted by atomic mass is 10.2. The first-order valence-corrected chi connectivity index (χ1v) is 5.90. The van der Waals surface area contributed by atoms with E-state index in [2.05, 4.69) is 11.8 Å². The second-order valence-corrected chi connectivity index (χ2v) is 4.32. The summed E-state index contributed by atoms with van der Waals surface area (Å²) in [7, 11) is -0.892. The molecular formula is C11H13NOS. The molecule has 74 valence electrons. The number of hydrogen-bond donors (Lipinski definition) is 1. The minimum absolute atomic E-state index is 0.409. The molecule has 0 saturated heterocycles. The Labute approximate surface area is 87.0 Å². The van der Waals surface area contributed by atoms with Gasteiger partial charge < -0.3 is 5.73 Å². The van der Waals surface area contributed by atoms with Crippen LogP contribution in [-0.2, 0) is 10.8 Å². The van der Waals surface area contributed by atoms with E-state index in [-0.39, 0.29) is 0 Å². The fourth-order valence-electron chi connectivity index (χ4n) is 0.944. The number of hydrogen-bond acceptors (Lipinski definition) is 2. The van der Waals surface area contributed by atoms with E-state index in [1.54, 1.807) is 0 Å². The first-order valence-electron chi connectivity index (χ1n) is 4.42. The van der Waals surface area contributed by atoms with Crippen LogP contribution in [0.1, 0.15) is 5.56 Å². The molecule has 0 spiro atoms. The smallest absolute Gasteiger partial charge is 0.0851 e. The zero-order valence-corrected chi connectivity index (χ0v) is 8.72. The fraction of sp³-hybridized carbons (Fsp3) is 0.273. The third kappa shape index (κ3) is 4.22. The Morgan fingerprint density at radius 3 is 2.64 bits per heavy atom. The van der Waals surface area contributed by atoms with Gasteiger partial charge in [0.25, 0.3) is 0 Å². The van der Waals surface area contributed by atoms with Crippen LogP contribution in [-0.4, -0.2) is 22.3 Å². The lowest BCUT2D eigenvalue weighted by Gasteiger charge is -1.91. The monoisotopic (exact) mass is 207 g/mol. The van der Waals surface area contributed by atoms with E-state index in [9.17, 15) is 4.21 Å². The molecule has 1 rings (SSSR count). The van der Waals surface area contributed by atoms with Gasteiger partial charge in [-0.15, -0.1) is 0 Å². The molecule has 0 aliphatic heterocycles. The van der Waals surface area contributed by atoms with Crippen LogP contribution >= 0.6 is 0 Å². The topological polar surface area (TPSA) is 43.1 Å². The highest BCUT2D eigenvalue weighted by molar-refractivity contribution is 7.85. The van der Waals surface area contributed by atoms with Crippen LogP contribution in [0.4, 0.5) is 0 Å². The molecule has 1 aromatic carbocycles. The van der Waals surface area contributed by atoms with Gasteiger partial charge in [-0.2, -0.15) is 0 Å². The highest BCUT2D eigenvalue weighted by Gasteiger charge is 1.92. The Morgan fingerprint density at radius 2 is 2.00 bits per heavy atom. The summed E-state index contributed by atoms with van der Waals surface area (Å²) in [6, 6.07) is 9.66. The van der Waals surface area contributed by atoms with Gasteiger partial charge in [0.2, 0.25) is 0 Å². The van der Waals surface area contributed by atoms with Crippen molar-refractivity contribution >= 4 is 10.8 Å². The molecule has 3 heteroatoms. The zero-order chi connectivity index (χ0) is 10.2. The number of rotatable bonds is 3. The van der Waals surface area contributed by atoms with Gasteiger partial charge in [0.05, 0.1) is 5.75 Å². The second-order valence-electron chi connectivity index (χ2n) is 2.74. The molecule has 0 aliphatic carbocycles. The summed E-state index contributed by atoms with van der Waals surface area (Å²) in [6.45, 7) is 0.458. The molecule has 2 nitrogen and oxygen atoms in total. The second kappa shape index (κ2) is 6.36. The van der Waals surface area contributed by atoms with Gasteiger partial charge in [-0.1, -0.05) is 30.0 Å². The first kappa shape index (κ1) is 11.0. The fourth-order valence-corrected chi connectivity index (χ4v) is 1.58. The molecule has 0 radical (unpaired) electrons. The average Bonchev–Trinajstić information content (AvgIpc) is 2.20. The quantitative estimate of drug-likeness (QED) is 0.743. The van der Waals surface area contributed by atoms with Crippen molar-refractivity contribution < 1.29 is 4.21 Å². The average molecular weight is 207 g/mol. The van der Waals surface area contributed by atoms with Crippen LogP contribution < -0.4 is 5.73 Å². The zero-order valence-electron chi connectivity index (χ0n) is 7.90. The maximum Gasteiger partial charge on any atom is 0.0851 e. The molecule has 0 heterocycles. The van der Waals surface area contributed by atoms with E-state index >= 15 is 0 Å². The molecule has 2 N–H and O–H groups in total. The van der Waals surface area contributed by atoms with Gasteiger partial charge in [0.15, 0.2) is 0 Å². The van der Waals surface area contributed by atoms with Crippen molar-refractivity contribution in [1.29, 1.82) is 0 Å². The predicted octanol–water partition coefficient (Wildman–Crippen LogP) is 0.745. The van der Waals surface area contributed by atoms with Crippen molar-refractivity contribution in [2.45, 2.75) is 0 Å². The van der Waals surface area contributed by atoms with Crippen molar-refractivity contribution in [2.24, 2.45) is 5.73 Å². The Morgan fingerprint density at radius 1 is 1.29 bits per heavy atom. The molecule has 0 amide bonds. The molecule has 14 heavy (non-hydrogen) atoms. The molecule has 1 aromatic rings. The SMILES string of the molecule is NCCS(=O)CC#Cc1ccccc1. The van der Waals surface area contributed by atoms with Gasteiger partial charge in [-0.05, 0) is 12.1 Å². The van der Waals surface area contributed by atoms with E-state index in [1.807, 2.05) is 30.3 Å². The summed E-state index contributed by atoms with van der Waals surface area (Å²) >= 11 is 0. The number of nitrogens with two attached hydrogens (primary N) is 1. The van der Waals surface area contributed by atoms with Crippen LogP contribution in [0.5, 0.6) is 0 Å². The molecular weight excluding hydrogens is 194 g/mol. The van der Waals surface area contributed by atoms with Crippen molar-refractivity contribution in [3.05, 3.63) is 35.9 Å².